The second-order valence-electron chi connectivity index (χ2n) is 4.57. The Balaban J connectivity index is 1.94. The molecule has 2 rings (SSSR count). The van der Waals surface area contributed by atoms with E-state index in [0.717, 1.165) is 0 Å². The zero-order chi connectivity index (χ0) is 17.6. The van der Waals surface area contributed by atoms with Crippen LogP contribution in [-0.4, -0.2) is 24.4 Å². The molecule has 0 aliphatic rings. The van der Waals surface area contributed by atoms with E-state index in [2.05, 4.69) is 20.0 Å². The first-order valence-corrected chi connectivity index (χ1v) is 6.78. The Bertz CT molecular complexity index is 703. The average molecular weight is 340 g/mol. The summed E-state index contributed by atoms with van der Waals surface area (Å²) in [7, 11) is 1.51. The molecule has 0 spiro atoms. The number of hydrogen-bond acceptors (Lipinski definition) is 4. The lowest BCUT2D eigenvalue weighted by Gasteiger charge is -2.10. The molecule has 0 unspecified atom stereocenters. The second kappa shape index (κ2) is 7.53. The number of aromatic nitrogens is 1. The van der Waals surface area contributed by atoms with Crippen molar-refractivity contribution >= 4 is 11.6 Å². The molecule has 0 bridgehead atoms. The molecule has 24 heavy (non-hydrogen) atoms. The predicted octanol–water partition coefficient (Wildman–Crippen LogP) is 2.92. The molecule has 9 heteroatoms. The van der Waals surface area contributed by atoms with Crippen LogP contribution in [0.2, 0.25) is 0 Å². The molecule has 0 aliphatic carbocycles. The molecule has 1 aromatic carbocycles. The van der Waals surface area contributed by atoms with Crippen LogP contribution in [0.4, 0.5) is 18.9 Å². The minimum absolute atomic E-state index is 0.101. The highest BCUT2D eigenvalue weighted by Crippen LogP contribution is 2.23. The average Bonchev–Trinajstić information content (AvgIpc) is 2.54. The molecule has 3 N–H and O–H groups in total. The lowest BCUT2D eigenvalue weighted by Crippen LogP contribution is -2.22. The molecule has 1 aromatic heterocycles. The van der Waals surface area contributed by atoms with Crippen molar-refractivity contribution in [3.63, 3.8) is 0 Å². The van der Waals surface area contributed by atoms with Crippen molar-refractivity contribution in [2.45, 2.75) is 12.9 Å². The lowest BCUT2D eigenvalue weighted by molar-refractivity contribution is -0.274. The van der Waals surface area contributed by atoms with E-state index in [-0.39, 0.29) is 18.3 Å². The molecule has 0 aliphatic heterocycles. The number of aliphatic imine (C=N–C) groups is 1. The van der Waals surface area contributed by atoms with Crippen LogP contribution in [0.3, 0.4) is 0 Å². The molecule has 6 nitrogen and oxygen atoms in total. The van der Waals surface area contributed by atoms with E-state index in [4.69, 9.17) is 10.5 Å². The molecule has 0 saturated heterocycles. The standard InChI is InChI=1S/C15H15F3N4O2/c1-23-13-4-2-3-11(21-13)9-20-14(19)22-10-5-7-12(8-6-10)24-15(16,17)18/h2-8H,9H2,1H3,(H3,19,20,22). The van der Waals surface area contributed by atoms with Gasteiger partial charge in [-0.2, -0.15) is 0 Å². The number of benzene rings is 1. The van der Waals surface area contributed by atoms with Gasteiger partial charge in [-0.05, 0) is 30.3 Å². The molecule has 128 valence electrons. The van der Waals surface area contributed by atoms with Gasteiger partial charge in [0, 0.05) is 11.8 Å². The van der Waals surface area contributed by atoms with E-state index in [0.29, 0.717) is 17.3 Å². The lowest BCUT2D eigenvalue weighted by atomic mass is 10.3. The van der Waals surface area contributed by atoms with Gasteiger partial charge in [0.15, 0.2) is 5.96 Å². The van der Waals surface area contributed by atoms with Gasteiger partial charge < -0.3 is 20.5 Å². The molecule has 1 heterocycles. The van der Waals surface area contributed by atoms with Crippen LogP contribution in [0.5, 0.6) is 11.6 Å². The fourth-order valence-corrected chi connectivity index (χ4v) is 1.75. The Hall–Kier alpha value is -2.97. The van der Waals surface area contributed by atoms with Crippen molar-refractivity contribution in [2.24, 2.45) is 10.7 Å². The molecule has 0 amide bonds. The predicted molar refractivity (Wildman–Crippen MR) is 82.9 cm³/mol. The maximum absolute atomic E-state index is 12.1. The number of pyridine rings is 1. The number of hydrogen-bond donors (Lipinski definition) is 2. The molecule has 0 radical (unpaired) electrons. The Morgan fingerprint density at radius 3 is 2.54 bits per heavy atom. The van der Waals surface area contributed by atoms with Crippen LogP contribution < -0.4 is 20.5 Å². The van der Waals surface area contributed by atoms with Crippen LogP contribution in [0.25, 0.3) is 0 Å². The largest absolute Gasteiger partial charge is 0.573 e. The number of nitrogens with zero attached hydrogens (tertiary/aromatic N) is 2. The minimum atomic E-state index is -4.72. The molecular formula is C15H15F3N4O2. The number of guanidine groups is 1. The van der Waals surface area contributed by atoms with E-state index in [1.807, 2.05) is 0 Å². The Labute approximate surface area is 136 Å². The van der Waals surface area contributed by atoms with Gasteiger partial charge in [-0.25, -0.2) is 9.98 Å². The van der Waals surface area contributed by atoms with Crippen molar-refractivity contribution < 1.29 is 22.6 Å². The Morgan fingerprint density at radius 2 is 1.92 bits per heavy atom. The van der Waals surface area contributed by atoms with Crippen molar-refractivity contribution in [2.75, 3.05) is 12.4 Å². The number of nitrogens with one attached hydrogen (secondary N) is 1. The van der Waals surface area contributed by atoms with E-state index in [1.54, 1.807) is 18.2 Å². The quantitative estimate of drug-likeness (QED) is 0.646. The normalized spacial score (nSPS) is 11.9. The molecule has 0 atom stereocenters. The molecule has 2 aromatic rings. The van der Waals surface area contributed by atoms with Crippen molar-refractivity contribution in [3.8, 4) is 11.6 Å². The van der Waals surface area contributed by atoms with E-state index in [9.17, 15) is 13.2 Å². The second-order valence-corrected chi connectivity index (χ2v) is 4.57. The Morgan fingerprint density at radius 1 is 1.21 bits per heavy atom. The first-order chi connectivity index (χ1) is 11.4. The topological polar surface area (TPSA) is 81.8 Å². The summed E-state index contributed by atoms with van der Waals surface area (Å²) in [5.41, 5.74) is 6.87. The highest BCUT2D eigenvalue weighted by Gasteiger charge is 2.30. The summed E-state index contributed by atoms with van der Waals surface area (Å²) >= 11 is 0. The van der Waals surface area contributed by atoms with Gasteiger partial charge in [0.2, 0.25) is 5.88 Å². The number of halogens is 3. The van der Waals surface area contributed by atoms with Gasteiger partial charge in [-0.1, -0.05) is 6.07 Å². The Kier molecular flexibility index (Phi) is 5.46. The van der Waals surface area contributed by atoms with Crippen molar-refractivity contribution in [1.29, 1.82) is 0 Å². The summed E-state index contributed by atoms with van der Waals surface area (Å²) < 4.78 is 45.0. The summed E-state index contributed by atoms with van der Waals surface area (Å²) in [6, 6.07) is 10.4. The van der Waals surface area contributed by atoms with E-state index in [1.165, 1.54) is 31.4 Å². The summed E-state index contributed by atoms with van der Waals surface area (Å²) in [5, 5.41) is 2.76. The fourth-order valence-electron chi connectivity index (χ4n) is 1.75. The van der Waals surface area contributed by atoms with Gasteiger partial charge in [-0.3, -0.25) is 0 Å². The van der Waals surface area contributed by atoms with Gasteiger partial charge >= 0.3 is 6.36 Å². The molecular weight excluding hydrogens is 325 g/mol. The van der Waals surface area contributed by atoms with Gasteiger partial charge in [0.05, 0.1) is 19.3 Å². The van der Waals surface area contributed by atoms with Crippen molar-refractivity contribution in [3.05, 3.63) is 48.2 Å². The first-order valence-electron chi connectivity index (χ1n) is 6.78. The van der Waals surface area contributed by atoms with Crippen LogP contribution in [-0.2, 0) is 6.54 Å². The highest BCUT2D eigenvalue weighted by molar-refractivity contribution is 5.92. The van der Waals surface area contributed by atoms with Gasteiger partial charge in [-0.15, -0.1) is 13.2 Å². The van der Waals surface area contributed by atoms with E-state index >= 15 is 0 Å². The zero-order valence-electron chi connectivity index (χ0n) is 12.7. The summed E-state index contributed by atoms with van der Waals surface area (Å²) in [6.07, 6.45) is -4.72. The zero-order valence-corrected chi connectivity index (χ0v) is 12.7. The third-order valence-electron chi connectivity index (χ3n) is 2.76. The number of anilines is 1. The van der Waals surface area contributed by atoms with Crippen molar-refractivity contribution in [1.82, 2.24) is 4.98 Å². The third kappa shape index (κ3) is 5.67. The molecule has 0 fully saturated rings. The monoisotopic (exact) mass is 340 g/mol. The van der Waals surface area contributed by atoms with Gasteiger partial charge in [0.25, 0.3) is 0 Å². The number of rotatable bonds is 5. The van der Waals surface area contributed by atoms with Crippen LogP contribution >= 0.6 is 0 Å². The van der Waals surface area contributed by atoms with Crippen LogP contribution in [0.15, 0.2) is 47.5 Å². The number of ether oxygens (including phenoxy) is 2. The number of nitrogens with two attached hydrogens (primary N) is 1. The summed E-state index contributed by atoms with van der Waals surface area (Å²) in [4.78, 5) is 8.28. The third-order valence-corrected chi connectivity index (χ3v) is 2.76. The maximum Gasteiger partial charge on any atom is 0.573 e. The van der Waals surface area contributed by atoms with Crippen LogP contribution in [0.1, 0.15) is 5.69 Å². The smallest absolute Gasteiger partial charge is 0.481 e. The van der Waals surface area contributed by atoms with Crippen LogP contribution in [0, 0.1) is 0 Å². The highest BCUT2D eigenvalue weighted by atomic mass is 19.4. The fraction of sp³-hybridized carbons (Fsp3) is 0.200. The summed E-state index contributed by atoms with van der Waals surface area (Å²) in [5.74, 6) is 0.253. The number of alkyl halides is 3. The SMILES string of the molecule is COc1cccc(CN=C(N)Nc2ccc(OC(F)(F)F)cc2)n1. The minimum Gasteiger partial charge on any atom is -0.481 e. The first kappa shape index (κ1) is 17.4. The summed E-state index contributed by atoms with van der Waals surface area (Å²) in [6.45, 7) is 0.227. The van der Waals surface area contributed by atoms with Gasteiger partial charge in [0.1, 0.15) is 5.75 Å². The van der Waals surface area contributed by atoms with E-state index < -0.39 is 6.36 Å². The maximum atomic E-state index is 12.1. The molecule has 0 saturated carbocycles. The number of methoxy groups -OCH3 is 1.